The monoisotopic (exact) mass is 580 g/mol. The molecule has 12 nitrogen and oxygen atoms in total. The lowest BCUT2D eigenvalue weighted by atomic mass is 9.90. The standard InChI is InChI=1S/C29H29N10O2P/c30-32-25(17-31-16-22-10-4-1-5-11-22)29(41-28(40)35-42,26-20-38(36-33-26)18-23-12-6-2-7-13-23)27-21-39(37-34-27)19-24-14-8-3-9-15-24/h1-15,17,20-21H,16,18-19,30,42H2,(H,35,40). The van der Waals surface area contributed by atoms with Gasteiger partial charge in [0, 0.05) is 6.21 Å². The third-order valence-corrected chi connectivity index (χ3v) is 6.60. The van der Waals surface area contributed by atoms with Crippen molar-refractivity contribution in [3.05, 3.63) is 131 Å². The number of hydrazone groups is 1. The van der Waals surface area contributed by atoms with Crippen LogP contribution in [0.15, 0.2) is 113 Å². The summed E-state index contributed by atoms with van der Waals surface area (Å²) in [6, 6.07) is 29.2. The largest absolute Gasteiger partial charge is 0.422 e. The molecule has 5 rings (SSSR count). The van der Waals surface area contributed by atoms with Gasteiger partial charge in [0.2, 0.25) is 5.60 Å². The Morgan fingerprint density at radius 1 is 0.833 bits per heavy atom. The van der Waals surface area contributed by atoms with Gasteiger partial charge in [-0.15, -0.1) is 10.2 Å². The molecule has 0 radical (unpaired) electrons. The molecular formula is C29H29N10O2P. The van der Waals surface area contributed by atoms with Crippen molar-refractivity contribution in [1.29, 1.82) is 0 Å². The van der Waals surface area contributed by atoms with E-state index in [1.807, 2.05) is 91.0 Å². The first-order valence-corrected chi connectivity index (χ1v) is 13.6. The van der Waals surface area contributed by atoms with Crippen molar-refractivity contribution in [3.8, 4) is 0 Å². The van der Waals surface area contributed by atoms with E-state index >= 15 is 0 Å². The first kappa shape index (κ1) is 28.3. The molecule has 0 saturated heterocycles. The zero-order chi connectivity index (χ0) is 29.2. The van der Waals surface area contributed by atoms with E-state index in [0.29, 0.717) is 19.6 Å². The Labute approximate surface area is 244 Å². The Balaban J connectivity index is 1.59. The Morgan fingerprint density at radius 3 is 1.76 bits per heavy atom. The number of rotatable bonds is 11. The van der Waals surface area contributed by atoms with Crippen molar-refractivity contribution in [1.82, 2.24) is 35.1 Å². The zero-order valence-electron chi connectivity index (χ0n) is 22.6. The van der Waals surface area contributed by atoms with Gasteiger partial charge in [0.15, 0.2) is 0 Å². The number of hydrogen-bond acceptors (Lipinski definition) is 9. The van der Waals surface area contributed by atoms with Gasteiger partial charge in [-0.25, -0.2) is 14.2 Å². The average molecular weight is 581 g/mol. The summed E-state index contributed by atoms with van der Waals surface area (Å²) >= 11 is 0. The molecule has 0 aliphatic carbocycles. The smallest absolute Gasteiger partial charge is 0.411 e. The second kappa shape index (κ2) is 13.4. The maximum Gasteiger partial charge on any atom is 0.411 e. The van der Waals surface area contributed by atoms with Crippen LogP contribution in [-0.4, -0.2) is 48.0 Å². The van der Waals surface area contributed by atoms with Gasteiger partial charge < -0.3 is 15.7 Å². The van der Waals surface area contributed by atoms with Gasteiger partial charge in [-0.2, -0.15) is 5.10 Å². The molecule has 0 aliphatic heterocycles. The van der Waals surface area contributed by atoms with Crippen molar-refractivity contribution in [3.63, 3.8) is 0 Å². The van der Waals surface area contributed by atoms with Crippen molar-refractivity contribution in [2.75, 3.05) is 0 Å². The normalized spacial score (nSPS) is 12.0. The molecule has 0 spiro atoms. The summed E-state index contributed by atoms with van der Waals surface area (Å²) < 4.78 is 9.30. The summed E-state index contributed by atoms with van der Waals surface area (Å²) in [4.78, 5) is 17.4. The van der Waals surface area contributed by atoms with E-state index < -0.39 is 11.7 Å². The number of carbonyl (C=O) groups is 1. The number of nitrogens with two attached hydrogens (primary N) is 1. The molecule has 0 saturated carbocycles. The maximum atomic E-state index is 12.9. The number of benzene rings is 3. The molecule has 0 fully saturated rings. The third kappa shape index (κ3) is 6.56. The van der Waals surface area contributed by atoms with E-state index in [1.54, 1.807) is 21.8 Å². The molecule has 0 aliphatic rings. The van der Waals surface area contributed by atoms with Crippen LogP contribution in [0.4, 0.5) is 4.79 Å². The quantitative estimate of drug-likeness (QED) is 0.105. The fraction of sp³-hybridized carbons (Fsp3) is 0.138. The highest BCUT2D eigenvalue weighted by Gasteiger charge is 2.49. The topological polar surface area (TPSA) is 150 Å². The molecule has 3 N–H and O–H groups in total. The van der Waals surface area contributed by atoms with Gasteiger partial charge in [0.25, 0.3) is 0 Å². The van der Waals surface area contributed by atoms with Crippen molar-refractivity contribution >= 4 is 27.4 Å². The van der Waals surface area contributed by atoms with Crippen LogP contribution in [0.5, 0.6) is 0 Å². The van der Waals surface area contributed by atoms with Gasteiger partial charge >= 0.3 is 6.09 Å². The van der Waals surface area contributed by atoms with E-state index in [9.17, 15) is 4.79 Å². The van der Waals surface area contributed by atoms with Gasteiger partial charge in [0.1, 0.15) is 17.1 Å². The molecule has 1 unspecified atom stereocenters. The summed E-state index contributed by atoms with van der Waals surface area (Å²) in [5.74, 6) is 5.96. The molecule has 5 aromatic rings. The summed E-state index contributed by atoms with van der Waals surface area (Å²) in [6.45, 7) is 1.20. The summed E-state index contributed by atoms with van der Waals surface area (Å²) in [5.41, 5.74) is 1.67. The van der Waals surface area contributed by atoms with Crippen LogP contribution in [0.3, 0.4) is 0 Å². The molecule has 2 heterocycles. The predicted octanol–water partition coefficient (Wildman–Crippen LogP) is 3.31. The van der Waals surface area contributed by atoms with Crippen LogP contribution in [0, 0.1) is 0 Å². The lowest BCUT2D eigenvalue weighted by molar-refractivity contribution is 0.0855. The molecular weight excluding hydrogens is 551 g/mol. The van der Waals surface area contributed by atoms with Crippen molar-refractivity contribution < 1.29 is 9.53 Å². The highest BCUT2D eigenvalue weighted by atomic mass is 31.0. The number of aromatic nitrogens is 6. The lowest BCUT2D eigenvalue weighted by Crippen LogP contribution is -2.45. The Morgan fingerprint density at radius 2 is 1.31 bits per heavy atom. The SMILES string of the molecule is NN=C(C=NCc1ccccc1)C(OC(=O)NP)(c1cn(Cc2ccccc2)nn1)c1cn(Cc2ccccc2)nn1. The average Bonchev–Trinajstić information content (AvgIpc) is 3.70. The first-order chi connectivity index (χ1) is 20.6. The Hall–Kier alpha value is -5.22. The molecule has 1 atom stereocenters. The van der Waals surface area contributed by atoms with Crippen molar-refractivity contribution in [2.24, 2.45) is 15.9 Å². The minimum Gasteiger partial charge on any atom is -0.422 e. The van der Waals surface area contributed by atoms with E-state index in [0.717, 1.165) is 16.7 Å². The van der Waals surface area contributed by atoms with Gasteiger partial charge in [-0.1, -0.05) is 101 Å². The first-order valence-electron chi connectivity index (χ1n) is 13.0. The van der Waals surface area contributed by atoms with Crippen LogP contribution in [0.2, 0.25) is 0 Å². The molecule has 1 amide bonds. The summed E-state index contributed by atoms with van der Waals surface area (Å²) in [6.07, 6.45) is 3.98. The summed E-state index contributed by atoms with van der Waals surface area (Å²) in [5, 5.41) is 23.9. The van der Waals surface area contributed by atoms with Crippen molar-refractivity contribution in [2.45, 2.75) is 25.2 Å². The summed E-state index contributed by atoms with van der Waals surface area (Å²) in [7, 11) is 2.12. The molecule has 212 valence electrons. The van der Waals surface area contributed by atoms with Crippen LogP contribution >= 0.6 is 9.39 Å². The molecule has 2 aromatic heterocycles. The lowest BCUT2D eigenvalue weighted by Gasteiger charge is -2.28. The number of ether oxygens (including phenoxy) is 1. The second-order valence-corrected chi connectivity index (χ2v) is 9.55. The maximum absolute atomic E-state index is 12.9. The molecule has 0 bridgehead atoms. The third-order valence-electron chi connectivity index (χ3n) is 6.37. The van der Waals surface area contributed by atoms with Crippen LogP contribution in [0.1, 0.15) is 28.1 Å². The second-order valence-electron chi connectivity index (χ2n) is 9.26. The highest BCUT2D eigenvalue weighted by molar-refractivity contribution is 7.15. The van der Waals surface area contributed by atoms with E-state index in [-0.39, 0.29) is 17.1 Å². The van der Waals surface area contributed by atoms with Gasteiger partial charge in [-0.3, -0.25) is 4.99 Å². The van der Waals surface area contributed by atoms with E-state index in [2.05, 4.69) is 45.2 Å². The Bertz CT molecular complexity index is 1570. The zero-order valence-corrected chi connectivity index (χ0v) is 23.7. The number of aliphatic imine (C=N–C) groups is 1. The van der Waals surface area contributed by atoms with E-state index in [1.165, 1.54) is 6.21 Å². The highest BCUT2D eigenvalue weighted by Crippen LogP contribution is 2.33. The number of amides is 1. The number of nitrogens with zero attached hydrogens (tertiary/aromatic N) is 8. The molecule has 13 heteroatoms. The van der Waals surface area contributed by atoms with Crippen LogP contribution in [-0.2, 0) is 30.0 Å². The van der Waals surface area contributed by atoms with Crippen LogP contribution < -0.4 is 10.9 Å². The number of nitrogens with one attached hydrogen (secondary N) is 1. The van der Waals surface area contributed by atoms with Gasteiger partial charge in [0.05, 0.1) is 32.0 Å². The Kier molecular flexibility index (Phi) is 9.05. The van der Waals surface area contributed by atoms with E-state index in [4.69, 9.17) is 10.6 Å². The molecule has 3 aromatic carbocycles. The van der Waals surface area contributed by atoms with Gasteiger partial charge in [-0.05, 0) is 26.1 Å². The fourth-order valence-electron chi connectivity index (χ4n) is 4.37. The minimum absolute atomic E-state index is 0.0746. The van der Waals surface area contributed by atoms with Crippen LogP contribution in [0.25, 0.3) is 0 Å². The fourth-order valence-corrected chi connectivity index (χ4v) is 4.43. The molecule has 42 heavy (non-hydrogen) atoms. The minimum atomic E-state index is -1.83. The number of hydrogen-bond donors (Lipinski definition) is 2. The number of carbonyl (C=O) groups excluding carboxylic acids is 1. The predicted molar refractivity (Wildman–Crippen MR) is 161 cm³/mol.